The van der Waals surface area contributed by atoms with Crippen molar-refractivity contribution >= 4 is 12.6 Å². The van der Waals surface area contributed by atoms with Crippen LogP contribution in [0.5, 0.6) is 5.75 Å². The number of aldehydes is 2. The minimum Gasteiger partial charge on any atom is -0.488 e. The molecular formula is C15H12O3. The van der Waals surface area contributed by atoms with Crippen molar-refractivity contribution in [3.05, 3.63) is 65.2 Å². The normalized spacial score (nSPS) is 9.78. The van der Waals surface area contributed by atoms with Gasteiger partial charge in [0, 0.05) is 5.56 Å². The molecule has 0 saturated heterocycles. The van der Waals surface area contributed by atoms with Crippen LogP contribution >= 0.6 is 0 Å². The van der Waals surface area contributed by atoms with Crippen LogP contribution < -0.4 is 4.74 Å². The molecule has 2 rings (SSSR count). The smallest absolute Gasteiger partial charge is 0.153 e. The highest BCUT2D eigenvalue weighted by molar-refractivity contribution is 5.84. The first-order valence-corrected chi connectivity index (χ1v) is 5.54. The second-order valence-electron chi connectivity index (χ2n) is 3.81. The van der Waals surface area contributed by atoms with E-state index in [4.69, 9.17) is 4.74 Å². The lowest BCUT2D eigenvalue weighted by Gasteiger charge is -2.08. The van der Waals surface area contributed by atoms with Crippen LogP contribution in [0.25, 0.3) is 0 Å². The van der Waals surface area contributed by atoms with Gasteiger partial charge in [0.15, 0.2) is 6.29 Å². The van der Waals surface area contributed by atoms with Gasteiger partial charge in [-0.25, -0.2) is 0 Å². The summed E-state index contributed by atoms with van der Waals surface area (Å²) in [4.78, 5) is 21.5. The Balaban J connectivity index is 2.14. The minimum absolute atomic E-state index is 0.385. The van der Waals surface area contributed by atoms with E-state index in [-0.39, 0.29) is 0 Å². The molecular weight excluding hydrogens is 228 g/mol. The van der Waals surface area contributed by atoms with Gasteiger partial charge in [0.2, 0.25) is 0 Å². The monoisotopic (exact) mass is 240 g/mol. The van der Waals surface area contributed by atoms with Gasteiger partial charge in [-0.15, -0.1) is 0 Å². The number of hydrogen-bond acceptors (Lipinski definition) is 3. The van der Waals surface area contributed by atoms with Crippen molar-refractivity contribution in [1.29, 1.82) is 0 Å². The molecule has 3 nitrogen and oxygen atoms in total. The Labute approximate surface area is 105 Å². The molecule has 0 N–H and O–H groups in total. The third-order valence-electron chi connectivity index (χ3n) is 2.53. The predicted molar refractivity (Wildman–Crippen MR) is 68.0 cm³/mol. The van der Waals surface area contributed by atoms with Gasteiger partial charge < -0.3 is 4.74 Å². The quantitative estimate of drug-likeness (QED) is 0.755. The van der Waals surface area contributed by atoms with Gasteiger partial charge in [0.1, 0.15) is 18.6 Å². The van der Waals surface area contributed by atoms with E-state index in [0.29, 0.717) is 36.1 Å². The summed E-state index contributed by atoms with van der Waals surface area (Å²) in [6.07, 6.45) is 1.39. The van der Waals surface area contributed by atoms with Crippen molar-refractivity contribution in [2.24, 2.45) is 0 Å². The lowest BCUT2D eigenvalue weighted by Crippen LogP contribution is -1.98. The highest BCUT2D eigenvalue weighted by Gasteiger charge is 2.04. The van der Waals surface area contributed by atoms with Crippen LogP contribution in [0.4, 0.5) is 0 Å². The molecule has 0 heterocycles. The number of benzene rings is 2. The molecule has 0 fully saturated rings. The predicted octanol–water partition coefficient (Wildman–Crippen LogP) is 2.89. The van der Waals surface area contributed by atoms with Crippen LogP contribution in [0, 0.1) is 0 Å². The third kappa shape index (κ3) is 2.83. The van der Waals surface area contributed by atoms with Crippen LogP contribution in [-0.4, -0.2) is 12.6 Å². The Bertz CT molecular complexity index is 547. The van der Waals surface area contributed by atoms with E-state index in [1.165, 1.54) is 6.07 Å². The summed E-state index contributed by atoms with van der Waals surface area (Å²) in [6.45, 7) is 0.391. The summed E-state index contributed by atoms with van der Waals surface area (Å²) in [5, 5.41) is 0. The lowest BCUT2D eigenvalue weighted by molar-refractivity contribution is 0.111. The molecule has 2 aromatic carbocycles. The number of carbonyl (C=O) groups excluding carboxylic acids is 2. The Kier molecular flexibility index (Phi) is 3.86. The lowest BCUT2D eigenvalue weighted by atomic mass is 10.1. The number of ether oxygens (including phenoxy) is 1. The molecule has 0 aromatic heterocycles. The van der Waals surface area contributed by atoms with E-state index in [1.807, 2.05) is 30.3 Å². The van der Waals surface area contributed by atoms with Gasteiger partial charge in [-0.3, -0.25) is 9.59 Å². The molecule has 0 spiro atoms. The molecule has 0 amide bonds. The summed E-state index contributed by atoms with van der Waals surface area (Å²) in [6, 6.07) is 14.4. The molecule has 0 atom stereocenters. The van der Waals surface area contributed by atoms with Crippen molar-refractivity contribution in [3.8, 4) is 5.75 Å². The van der Waals surface area contributed by atoms with Crippen molar-refractivity contribution in [1.82, 2.24) is 0 Å². The van der Waals surface area contributed by atoms with Crippen LogP contribution in [0.2, 0.25) is 0 Å². The molecule has 0 aliphatic carbocycles. The molecule has 0 saturated carbocycles. The molecule has 0 radical (unpaired) electrons. The first-order valence-electron chi connectivity index (χ1n) is 5.54. The van der Waals surface area contributed by atoms with Gasteiger partial charge in [0.25, 0.3) is 0 Å². The SMILES string of the molecule is O=Cc1ccc(OCc2ccccc2)c(C=O)c1. The molecule has 0 aliphatic rings. The van der Waals surface area contributed by atoms with E-state index in [0.717, 1.165) is 5.56 Å². The maximum absolute atomic E-state index is 10.9. The Hall–Kier alpha value is -2.42. The van der Waals surface area contributed by atoms with Gasteiger partial charge in [-0.1, -0.05) is 30.3 Å². The van der Waals surface area contributed by atoms with Crippen molar-refractivity contribution in [2.45, 2.75) is 6.61 Å². The first kappa shape index (κ1) is 12.0. The maximum atomic E-state index is 10.9. The van der Waals surface area contributed by atoms with Crippen molar-refractivity contribution in [3.63, 3.8) is 0 Å². The minimum atomic E-state index is 0.385. The number of carbonyl (C=O) groups is 2. The highest BCUT2D eigenvalue weighted by Crippen LogP contribution is 2.19. The molecule has 0 unspecified atom stereocenters. The van der Waals surface area contributed by atoms with E-state index in [9.17, 15) is 9.59 Å². The first-order chi connectivity index (χ1) is 8.83. The van der Waals surface area contributed by atoms with Crippen molar-refractivity contribution in [2.75, 3.05) is 0 Å². The van der Waals surface area contributed by atoms with E-state index < -0.39 is 0 Å². The zero-order valence-electron chi connectivity index (χ0n) is 9.71. The largest absolute Gasteiger partial charge is 0.488 e. The number of hydrogen-bond donors (Lipinski definition) is 0. The van der Waals surface area contributed by atoms with Crippen LogP contribution in [0.15, 0.2) is 48.5 Å². The summed E-state index contributed by atoms with van der Waals surface area (Å²) in [5.41, 5.74) is 1.87. The molecule has 18 heavy (non-hydrogen) atoms. The summed E-state index contributed by atoms with van der Waals surface area (Å²) >= 11 is 0. The average Bonchev–Trinajstić information content (AvgIpc) is 2.46. The van der Waals surface area contributed by atoms with Crippen LogP contribution in [0.3, 0.4) is 0 Å². The van der Waals surface area contributed by atoms with E-state index in [2.05, 4.69) is 0 Å². The Morgan fingerprint density at radius 3 is 2.39 bits per heavy atom. The Morgan fingerprint density at radius 1 is 0.944 bits per heavy atom. The fourth-order valence-electron chi connectivity index (χ4n) is 1.60. The topological polar surface area (TPSA) is 43.4 Å². The van der Waals surface area contributed by atoms with Gasteiger partial charge in [-0.05, 0) is 23.8 Å². The second-order valence-corrected chi connectivity index (χ2v) is 3.81. The number of rotatable bonds is 5. The van der Waals surface area contributed by atoms with E-state index in [1.54, 1.807) is 12.1 Å². The molecule has 2 aromatic rings. The van der Waals surface area contributed by atoms with E-state index >= 15 is 0 Å². The second kappa shape index (κ2) is 5.77. The molecule has 0 aliphatic heterocycles. The summed E-state index contributed by atoms with van der Waals surface area (Å²) < 4.78 is 5.57. The van der Waals surface area contributed by atoms with Crippen molar-refractivity contribution < 1.29 is 14.3 Å². The third-order valence-corrected chi connectivity index (χ3v) is 2.53. The molecule has 3 heteroatoms. The fourth-order valence-corrected chi connectivity index (χ4v) is 1.60. The fraction of sp³-hybridized carbons (Fsp3) is 0.0667. The zero-order valence-corrected chi connectivity index (χ0v) is 9.71. The standard InChI is InChI=1S/C15H12O3/c16-9-13-6-7-15(14(8-13)10-17)18-11-12-4-2-1-3-5-12/h1-10H,11H2. The molecule has 0 bridgehead atoms. The van der Waals surface area contributed by atoms with Gasteiger partial charge >= 0.3 is 0 Å². The Morgan fingerprint density at radius 2 is 1.72 bits per heavy atom. The highest BCUT2D eigenvalue weighted by atomic mass is 16.5. The zero-order chi connectivity index (χ0) is 12.8. The van der Waals surface area contributed by atoms with Gasteiger partial charge in [-0.2, -0.15) is 0 Å². The maximum Gasteiger partial charge on any atom is 0.153 e. The average molecular weight is 240 g/mol. The van der Waals surface area contributed by atoms with Crippen LogP contribution in [0.1, 0.15) is 26.3 Å². The summed E-state index contributed by atoms with van der Waals surface area (Å²) in [5.74, 6) is 0.486. The van der Waals surface area contributed by atoms with Gasteiger partial charge in [0.05, 0.1) is 5.56 Å². The molecule has 90 valence electrons. The van der Waals surface area contributed by atoms with Crippen LogP contribution in [-0.2, 0) is 6.61 Å². The summed E-state index contributed by atoms with van der Waals surface area (Å²) in [7, 11) is 0.